The predicted octanol–water partition coefficient (Wildman–Crippen LogP) is 3.19. The topological polar surface area (TPSA) is 288 Å². The van der Waals surface area contributed by atoms with Gasteiger partial charge in [-0.05, 0) is 138 Å². The van der Waals surface area contributed by atoms with Gasteiger partial charge in [-0.3, -0.25) is 54.4 Å². The minimum Gasteiger partial charge on any atom is -0.507 e. The first-order valence-corrected chi connectivity index (χ1v) is 45.1. The molecule has 5 saturated heterocycles. The first kappa shape index (κ1) is 107. The predicted molar refractivity (Wildman–Crippen MR) is 515 cm³/mol. The molecule has 10 rings (SSSR count). The molecule has 30 heteroatoms. The maximum Gasteiger partial charge on any atom is 0.124 e. The molecule has 5 aliphatic heterocycles. The Balaban J connectivity index is 0.000000273. The second kappa shape index (κ2) is 66.1. The summed E-state index contributed by atoms with van der Waals surface area (Å²) in [7, 11) is 22.3. The van der Waals surface area contributed by atoms with Gasteiger partial charge in [0.05, 0.1) is 52.5 Å². The molecule has 0 aliphatic carbocycles. The van der Waals surface area contributed by atoms with Crippen LogP contribution in [0.25, 0.3) is 0 Å². The lowest BCUT2D eigenvalue weighted by Crippen LogP contribution is -2.43. The van der Waals surface area contributed by atoms with Crippen molar-refractivity contribution in [1.82, 2.24) is 83.7 Å². The number of phenolic OH excluding ortho intramolecular Hbond substituents is 5. The van der Waals surface area contributed by atoms with E-state index < -0.39 is 0 Å². The van der Waals surface area contributed by atoms with Crippen LogP contribution in [0, 0.1) is 0 Å². The summed E-state index contributed by atoms with van der Waals surface area (Å²) in [4.78, 5) is 60.5. The highest BCUT2D eigenvalue weighted by Gasteiger charge is 2.20. The molecule has 1 unspecified atom stereocenters. The summed E-state index contributed by atoms with van der Waals surface area (Å²) in [5.74, 6) is 1.10. The van der Waals surface area contributed by atoms with E-state index in [4.69, 9.17) is 15.3 Å². The highest BCUT2D eigenvalue weighted by Crippen LogP contribution is 2.18. The maximum absolute atomic E-state index is 9.86. The minimum atomic E-state index is 0.181. The van der Waals surface area contributed by atoms with Crippen molar-refractivity contribution >= 4 is 31.1 Å². The van der Waals surface area contributed by atoms with Crippen molar-refractivity contribution < 1.29 is 40.9 Å². The number of aromatic hydroxyl groups is 5. The third-order valence-electron chi connectivity index (χ3n) is 23.0. The van der Waals surface area contributed by atoms with Gasteiger partial charge in [0, 0.05) is 320 Å². The van der Waals surface area contributed by atoms with Crippen LogP contribution in [0.5, 0.6) is 28.7 Å². The van der Waals surface area contributed by atoms with Gasteiger partial charge in [0.1, 0.15) is 28.7 Å². The highest BCUT2D eigenvalue weighted by molar-refractivity contribution is 5.85. The number of para-hydroxylation sites is 5. The van der Waals surface area contributed by atoms with Crippen LogP contribution >= 0.6 is 0 Å². The van der Waals surface area contributed by atoms with Crippen LogP contribution in [0.4, 0.5) is 0 Å². The monoisotopic (exact) mass is 1730 g/mol. The van der Waals surface area contributed by atoms with E-state index in [1.807, 2.05) is 60.7 Å². The number of benzene rings is 5. The molecule has 0 saturated carbocycles. The first-order valence-electron chi connectivity index (χ1n) is 45.1. The second-order valence-corrected chi connectivity index (χ2v) is 33.5. The van der Waals surface area contributed by atoms with Crippen LogP contribution in [-0.2, 0) is 0 Å². The number of aliphatic hydroxyl groups is 3. The van der Waals surface area contributed by atoms with Crippen molar-refractivity contribution in [1.29, 1.82) is 0 Å². The number of likely N-dealkylation sites (N-methyl/N-ethyl adjacent to an activating group) is 10. The molecule has 5 aliphatic rings. The van der Waals surface area contributed by atoms with Gasteiger partial charge in [-0.15, -0.1) is 0 Å². The smallest absolute Gasteiger partial charge is 0.124 e. The van der Waals surface area contributed by atoms with Gasteiger partial charge in [0.25, 0.3) is 0 Å². The summed E-state index contributed by atoms with van der Waals surface area (Å²) >= 11 is 0. The first-order chi connectivity index (χ1) is 60.0. The van der Waals surface area contributed by atoms with Crippen molar-refractivity contribution in [2.45, 2.75) is 13.0 Å². The fourth-order valence-electron chi connectivity index (χ4n) is 13.8. The summed E-state index contributed by atoms with van der Waals surface area (Å²) in [6.07, 6.45) is 8.39. The van der Waals surface area contributed by atoms with E-state index in [9.17, 15) is 25.5 Å². The van der Waals surface area contributed by atoms with Gasteiger partial charge in [-0.2, -0.15) is 0 Å². The molecule has 0 bridgehead atoms. The zero-order valence-corrected chi connectivity index (χ0v) is 77.7. The number of hydrogen-bond acceptors (Lipinski definition) is 30. The van der Waals surface area contributed by atoms with E-state index >= 15 is 0 Å². The number of nitrogens with zero attached hydrogens (tertiary/aromatic N) is 21. The molecule has 0 spiro atoms. The molecule has 124 heavy (non-hydrogen) atoms. The lowest BCUT2D eigenvalue weighted by molar-refractivity contribution is 0.161. The third kappa shape index (κ3) is 49.7. The van der Waals surface area contributed by atoms with Gasteiger partial charge in [-0.25, -0.2) is 0 Å². The van der Waals surface area contributed by atoms with Gasteiger partial charge >= 0.3 is 0 Å². The summed E-state index contributed by atoms with van der Waals surface area (Å²) in [5, 5.41) is 79.1. The van der Waals surface area contributed by atoms with Gasteiger partial charge in [0.15, 0.2) is 0 Å². The van der Waals surface area contributed by atoms with Gasteiger partial charge in [-0.1, -0.05) is 60.7 Å². The minimum absolute atomic E-state index is 0.181. The molecule has 5 heterocycles. The molecule has 1 atom stereocenters. The molecule has 0 aromatic heterocycles. The van der Waals surface area contributed by atoms with Crippen molar-refractivity contribution in [3.05, 3.63) is 149 Å². The molecule has 696 valence electrons. The van der Waals surface area contributed by atoms with E-state index in [0.29, 0.717) is 94.7 Å². The second-order valence-electron chi connectivity index (χ2n) is 33.5. The van der Waals surface area contributed by atoms with Crippen molar-refractivity contribution in [2.24, 2.45) is 25.0 Å². The van der Waals surface area contributed by atoms with Gasteiger partial charge in [0.2, 0.25) is 0 Å². The molecule has 5 aromatic carbocycles. The fourth-order valence-corrected chi connectivity index (χ4v) is 13.8. The zero-order chi connectivity index (χ0) is 89.7. The molecule has 30 nitrogen and oxygen atoms in total. The Morgan fingerprint density at radius 2 is 0.484 bits per heavy atom. The van der Waals surface area contributed by atoms with Crippen LogP contribution in [0.1, 0.15) is 34.7 Å². The SMILES string of the molecule is CC1CN(C)CCN(C)CCN1C.CN1CCN(C)CCN(C)CC1.CN1CCN(C)CCN(CCN2CCN(C)CCN(C)CC2)CC1.OCCN1CCN(CCO)CCN(CCO)CC1.Oc1ccccc1C=NCCN(CCN=Cc1ccccc1O)CCN=Cc1ccccc1O.Oc1ccccc1C=NCCNCCN=Cc1ccccc1O. The Labute approximate surface area is 746 Å². The summed E-state index contributed by atoms with van der Waals surface area (Å²) in [6.45, 7) is 47.0. The maximum atomic E-state index is 9.86. The van der Waals surface area contributed by atoms with E-state index in [2.05, 4.69) is 186 Å². The number of phenols is 5. The van der Waals surface area contributed by atoms with E-state index in [-0.39, 0.29) is 48.6 Å². The zero-order valence-electron chi connectivity index (χ0n) is 77.7. The number of β-amino-alcohol motifs (C(OH)–C–C–N with tert-alkyl or cyclic N) is 3. The Morgan fingerprint density at radius 1 is 0.282 bits per heavy atom. The fraction of sp³-hybridized carbons (Fsp3) is 0.628. The van der Waals surface area contributed by atoms with Crippen molar-refractivity contribution in [3.8, 4) is 28.7 Å². The van der Waals surface area contributed by atoms with Crippen LogP contribution < -0.4 is 5.32 Å². The Bertz CT molecular complexity index is 3340. The number of aliphatic hydroxyl groups excluding tert-OH is 3. The molecule has 0 amide bonds. The molecular formula is C94H162N22O8. The number of aliphatic imine (C=N–C) groups is 5. The largest absolute Gasteiger partial charge is 0.507 e. The normalized spacial score (nSPS) is 19.5. The van der Waals surface area contributed by atoms with Crippen LogP contribution in [0.2, 0.25) is 0 Å². The summed E-state index contributed by atoms with van der Waals surface area (Å²) in [6, 6.07) is 36.2. The van der Waals surface area contributed by atoms with Crippen molar-refractivity contribution in [3.63, 3.8) is 0 Å². The number of nitrogens with one attached hydrogen (secondary N) is 1. The van der Waals surface area contributed by atoms with Crippen molar-refractivity contribution in [2.75, 3.05) is 378 Å². The van der Waals surface area contributed by atoms with E-state index in [1.165, 1.54) is 164 Å². The summed E-state index contributed by atoms with van der Waals surface area (Å²) in [5.41, 5.74) is 3.51. The van der Waals surface area contributed by atoms with Crippen LogP contribution in [0.15, 0.2) is 146 Å². The molecular weight excluding hydrogens is 1570 g/mol. The molecule has 5 fully saturated rings. The molecule has 5 aromatic rings. The quantitative estimate of drug-likeness (QED) is 0.0245. The lowest BCUT2D eigenvalue weighted by Gasteiger charge is -2.29. The highest BCUT2D eigenvalue weighted by atomic mass is 16.3. The Morgan fingerprint density at radius 3 is 0.726 bits per heavy atom. The van der Waals surface area contributed by atoms with E-state index in [0.717, 1.165) is 63.5 Å². The van der Waals surface area contributed by atoms with Crippen LogP contribution in [-0.4, -0.2) is 535 Å². The Kier molecular flexibility index (Phi) is 57.1. The van der Waals surface area contributed by atoms with E-state index in [1.54, 1.807) is 91.7 Å². The lowest BCUT2D eigenvalue weighted by atomic mass is 10.2. The third-order valence-corrected chi connectivity index (χ3v) is 23.0. The number of rotatable bonds is 29. The average molecular weight is 1730 g/mol. The standard InChI is InChI=1S/C27H30N4O3.C18H40N6.C18H21N3O2.C12H27N3O3.C10H23N3.C9H21N3/c32-25-10-4-1-7-22(25)19-28-13-16-31(17-14-29-20-23-8-2-5-11-26(23)33)18-15-30-21-24-9-3-6-12-27(24)34;1-19-5-6-20(2)10-14-23(13-9-19)17-18-24-15-11-21(3)7-8-22(4)12-16-24;22-17-7-3-1-5-15(17)13-20-11-9-19-10-12-21-14-16-6-2-4-8-18(16)23;16-10-7-13-1-2-14(8-11-17)5-6-15(4-3-13)9-12-18;1-10-9-12(3)6-5-11(2)7-8-13(10)4;1-10-4-6-11(2)8-9-12(3)7-5-10/h1-12,19-21,32-34H,13-18H2;5-18H2,1-4H3;1-8,13-14,19,22-23H,9-12H2;16-18H,1-12H2;10H,5-9H2,1-4H3;4-9H2,1-3H3. The Hall–Kier alpha value is -7.35. The number of hydrogen-bond donors (Lipinski definition) is 9. The van der Waals surface area contributed by atoms with Crippen LogP contribution in [0.3, 0.4) is 0 Å². The molecule has 0 radical (unpaired) electrons. The average Bonchev–Trinajstić information content (AvgIpc) is 1.46. The van der Waals surface area contributed by atoms with Gasteiger partial charge < -0.3 is 95.2 Å². The summed E-state index contributed by atoms with van der Waals surface area (Å²) < 4.78 is 0. The molecule has 9 N–H and O–H groups in total.